The molecule has 0 spiro atoms. The Morgan fingerprint density at radius 2 is 1.84 bits per heavy atom. The summed E-state index contributed by atoms with van der Waals surface area (Å²) in [5.41, 5.74) is 4.27. The van der Waals surface area contributed by atoms with E-state index >= 15 is 0 Å². The van der Waals surface area contributed by atoms with Gasteiger partial charge in [-0.3, -0.25) is 4.79 Å². The summed E-state index contributed by atoms with van der Waals surface area (Å²) >= 11 is 12.0. The third-order valence-corrected chi connectivity index (χ3v) is 6.52. The number of rotatable bonds is 8. The van der Waals surface area contributed by atoms with Crippen molar-refractivity contribution >= 4 is 40.5 Å². The minimum absolute atomic E-state index is 0.0659. The van der Waals surface area contributed by atoms with Crippen LogP contribution in [0.25, 0.3) is 0 Å². The van der Waals surface area contributed by atoms with Gasteiger partial charge in [0.25, 0.3) is 0 Å². The van der Waals surface area contributed by atoms with Crippen LogP contribution in [0.4, 0.5) is 5.69 Å². The fourth-order valence-electron chi connectivity index (χ4n) is 4.32. The Kier molecular flexibility index (Phi) is 8.33. The smallest absolute Gasteiger partial charge is 0.307 e. The van der Waals surface area contributed by atoms with E-state index in [1.807, 2.05) is 26.0 Å². The molecule has 3 rings (SSSR count). The second kappa shape index (κ2) is 11.0. The molecule has 2 aromatic carbocycles. The van der Waals surface area contributed by atoms with E-state index in [9.17, 15) is 4.79 Å². The minimum Gasteiger partial charge on any atom is -0.494 e. The topological polar surface area (TPSA) is 58.6 Å². The van der Waals surface area contributed by atoms with Gasteiger partial charge in [-0.25, -0.2) is 0 Å². The summed E-state index contributed by atoms with van der Waals surface area (Å²) in [5, 5.41) is 12.7. The van der Waals surface area contributed by atoms with Gasteiger partial charge in [0.2, 0.25) is 0 Å². The number of nitrogens with one attached hydrogen (secondary N) is 1. The molecule has 2 N–H and O–H groups in total. The van der Waals surface area contributed by atoms with Crippen molar-refractivity contribution in [1.29, 1.82) is 0 Å². The molecule has 0 aliphatic heterocycles. The molecule has 0 saturated heterocycles. The van der Waals surface area contributed by atoms with Crippen LogP contribution in [0.15, 0.2) is 30.3 Å². The molecule has 31 heavy (non-hydrogen) atoms. The van der Waals surface area contributed by atoms with E-state index in [0.717, 1.165) is 41.4 Å². The molecule has 0 radical (unpaired) electrons. The fourth-order valence-corrected chi connectivity index (χ4v) is 4.92. The predicted octanol–water partition coefficient (Wildman–Crippen LogP) is 6.72. The van der Waals surface area contributed by atoms with Crippen molar-refractivity contribution < 1.29 is 14.6 Å². The van der Waals surface area contributed by atoms with E-state index in [-0.39, 0.29) is 6.42 Å². The zero-order chi connectivity index (χ0) is 22.4. The van der Waals surface area contributed by atoms with Crippen LogP contribution in [0, 0.1) is 19.8 Å². The van der Waals surface area contributed by atoms with E-state index in [1.54, 1.807) is 18.2 Å². The number of carbonyl (C=O) groups is 1. The van der Waals surface area contributed by atoms with Crippen molar-refractivity contribution in [3.05, 3.63) is 57.6 Å². The van der Waals surface area contributed by atoms with Crippen molar-refractivity contribution in [2.24, 2.45) is 5.92 Å². The summed E-state index contributed by atoms with van der Waals surface area (Å²) in [4.78, 5) is 11.6. The zero-order valence-corrected chi connectivity index (χ0v) is 19.7. The van der Waals surface area contributed by atoms with Gasteiger partial charge >= 0.3 is 5.97 Å². The van der Waals surface area contributed by atoms with E-state index < -0.39 is 5.97 Å². The highest BCUT2D eigenvalue weighted by molar-refractivity contribution is 7.81. The van der Waals surface area contributed by atoms with Crippen LogP contribution in [0.1, 0.15) is 60.8 Å². The maximum absolute atomic E-state index is 11.0. The molecule has 0 bridgehead atoms. The Hall–Kier alpha value is -2.11. The molecule has 0 aromatic heterocycles. The maximum atomic E-state index is 11.0. The van der Waals surface area contributed by atoms with E-state index in [2.05, 4.69) is 5.32 Å². The molecule has 166 valence electrons. The highest BCUT2D eigenvalue weighted by Crippen LogP contribution is 2.29. The number of hydrogen-bond donors (Lipinski definition) is 2. The quantitative estimate of drug-likeness (QED) is 0.429. The molecule has 0 unspecified atom stereocenters. The average molecular weight is 460 g/mol. The van der Waals surface area contributed by atoms with Crippen molar-refractivity contribution in [1.82, 2.24) is 0 Å². The van der Waals surface area contributed by atoms with Gasteiger partial charge in [0.1, 0.15) is 10.7 Å². The molecule has 0 heterocycles. The molecule has 6 heteroatoms. The lowest BCUT2D eigenvalue weighted by atomic mass is 9.87. The SMILES string of the molecule is Cc1cc(OCCC2CCCCC2)cc(C)c1C(=S)Nc1cc(CC(=O)O)ccc1Cl. The third kappa shape index (κ3) is 6.68. The van der Waals surface area contributed by atoms with Crippen molar-refractivity contribution in [3.63, 3.8) is 0 Å². The van der Waals surface area contributed by atoms with E-state index in [0.29, 0.717) is 21.3 Å². The number of carboxylic acids is 1. The molecule has 1 aliphatic carbocycles. The largest absolute Gasteiger partial charge is 0.494 e. The van der Waals surface area contributed by atoms with E-state index in [4.69, 9.17) is 33.7 Å². The monoisotopic (exact) mass is 459 g/mol. The Morgan fingerprint density at radius 3 is 2.48 bits per heavy atom. The molecule has 4 nitrogen and oxygen atoms in total. The molecular weight excluding hydrogens is 430 g/mol. The van der Waals surface area contributed by atoms with Gasteiger partial charge in [-0.2, -0.15) is 0 Å². The van der Waals surface area contributed by atoms with Crippen LogP contribution >= 0.6 is 23.8 Å². The zero-order valence-electron chi connectivity index (χ0n) is 18.2. The Balaban J connectivity index is 1.66. The first-order valence-corrected chi connectivity index (χ1v) is 11.7. The normalized spacial score (nSPS) is 14.3. The van der Waals surface area contributed by atoms with Gasteiger partial charge in [0.15, 0.2) is 0 Å². The summed E-state index contributed by atoms with van der Waals surface area (Å²) in [7, 11) is 0. The number of ether oxygens (including phenoxy) is 1. The number of benzene rings is 2. The van der Waals surface area contributed by atoms with Crippen LogP contribution in [0.2, 0.25) is 5.02 Å². The van der Waals surface area contributed by atoms with Crippen LogP contribution in [0.5, 0.6) is 5.75 Å². The first-order chi connectivity index (χ1) is 14.8. The fraction of sp³-hybridized carbons (Fsp3) is 0.440. The lowest BCUT2D eigenvalue weighted by molar-refractivity contribution is -0.136. The average Bonchev–Trinajstić information content (AvgIpc) is 2.70. The summed E-state index contributed by atoms with van der Waals surface area (Å²) in [6.45, 7) is 4.79. The van der Waals surface area contributed by atoms with Gasteiger partial charge in [-0.1, -0.05) is 62.0 Å². The van der Waals surface area contributed by atoms with Crippen LogP contribution in [-0.4, -0.2) is 22.7 Å². The first-order valence-electron chi connectivity index (χ1n) is 10.9. The molecule has 0 amide bonds. The highest BCUT2D eigenvalue weighted by Gasteiger charge is 2.15. The summed E-state index contributed by atoms with van der Waals surface area (Å²) < 4.78 is 6.05. The highest BCUT2D eigenvalue weighted by atomic mass is 35.5. The number of halogens is 1. The lowest BCUT2D eigenvalue weighted by Gasteiger charge is -2.21. The van der Waals surface area contributed by atoms with Gasteiger partial charge in [0, 0.05) is 5.56 Å². The number of thiocarbonyl (C=S) groups is 1. The van der Waals surface area contributed by atoms with Gasteiger partial charge in [-0.15, -0.1) is 0 Å². The van der Waals surface area contributed by atoms with Gasteiger partial charge in [0.05, 0.1) is 23.7 Å². The molecule has 0 atom stereocenters. The summed E-state index contributed by atoms with van der Waals surface area (Å²) in [6, 6.07) is 9.18. The number of hydrogen-bond acceptors (Lipinski definition) is 3. The Bertz CT molecular complexity index is 931. The third-order valence-electron chi connectivity index (χ3n) is 5.89. The standard InChI is InChI=1S/C25H30ClNO3S/c1-16-12-20(30-11-10-18-6-4-3-5-7-18)13-17(2)24(16)25(31)27-22-14-19(15-23(28)29)8-9-21(22)26/h8-9,12-14,18H,3-7,10-11,15H2,1-2H3,(H,27,31)(H,28,29). The Labute approximate surface area is 195 Å². The van der Waals surface area contributed by atoms with Gasteiger partial charge in [-0.05, 0) is 67.1 Å². The first kappa shape index (κ1) is 23.6. The van der Waals surface area contributed by atoms with E-state index in [1.165, 1.54) is 32.1 Å². The Morgan fingerprint density at radius 1 is 1.16 bits per heavy atom. The second-order valence-electron chi connectivity index (χ2n) is 8.41. The predicted molar refractivity (Wildman–Crippen MR) is 131 cm³/mol. The van der Waals surface area contributed by atoms with Gasteiger partial charge < -0.3 is 15.2 Å². The van der Waals surface area contributed by atoms with Crippen molar-refractivity contribution in [2.75, 3.05) is 11.9 Å². The maximum Gasteiger partial charge on any atom is 0.307 e. The molecular formula is C25H30ClNO3S. The van der Waals surface area contributed by atoms with Crippen molar-refractivity contribution in [2.45, 2.75) is 58.8 Å². The molecule has 1 saturated carbocycles. The number of aryl methyl sites for hydroxylation is 2. The lowest BCUT2D eigenvalue weighted by Crippen LogP contribution is -2.15. The summed E-state index contributed by atoms with van der Waals surface area (Å²) in [6.07, 6.45) is 7.79. The summed E-state index contributed by atoms with van der Waals surface area (Å²) in [5.74, 6) is 0.786. The van der Waals surface area contributed by atoms with Crippen LogP contribution < -0.4 is 10.1 Å². The molecule has 2 aromatic rings. The second-order valence-corrected chi connectivity index (χ2v) is 9.23. The number of aliphatic carboxylic acids is 1. The molecule has 1 aliphatic rings. The number of anilines is 1. The minimum atomic E-state index is -0.887. The molecule has 1 fully saturated rings. The van der Waals surface area contributed by atoms with Crippen molar-refractivity contribution in [3.8, 4) is 5.75 Å². The van der Waals surface area contributed by atoms with Crippen LogP contribution in [-0.2, 0) is 11.2 Å². The van der Waals surface area contributed by atoms with Crippen LogP contribution in [0.3, 0.4) is 0 Å². The number of carboxylic acid groups (broad SMARTS) is 1.